The first-order chi connectivity index (χ1) is 36.2. The zero-order valence-corrected chi connectivity index (χ0v) is 43.8. The normalized spacial score (nSPS) is 30.0. The van der Waals surface area contributed by atoms with Gasteiger partial charge in [-0.15, -0.1) is 0 Å². The Balaban J connectivity index is 0.890. The second-order valence-electron chi connectivity index (χ2n) is 17.8. The Labute approximate surface area is 430 Å². The monoisotopic (exact) mass is 1170 g/mol. The zero-order chi connectivity index (χ0) is 55.7. The second kappa shape index (κ2) is 21.5. The van der Waals surface area contributed by atoms with Gasteiger partial charge in [0, 0.05) is 32.9 Å². The molecule has 3 fully saturated rings. The number of nitrogens with zero attached hydrogens (tertiary/aromatic N) is 10. The van der Waals surface area contributed by atoms with Gasteiger partial charge in [0.25, 0.3) is 17.1 Å². The maximum Gasteiger partial charge on any atom is 0.490 e. The predicted octanol–water partition coefficient (Wildman–Crippen LogP) is -2.89. The molecule has 9 heterocycles. The van der Waals surface area contributed by atoms with Crippen LogP contribution < -0.4 is 32.9 Å². The number of anilines is 3. The standard InChI is InChI=1S/C36H51N15O22P4/c1-48-13-51(29-20(48)31(56)47-36(39)45-29)32-21(52)14(4-6-65-2)16(70-32)8-67-75(59,60)72-77(63,64)73-76(61,62)68-9-17-25(24(66-3)34(71-17)49-11-42-18-26(37)40-10-41-27(18)49)74(57,58)7-5-15-22(53)23(54)33(69-15)50-12-43-19-28(50)44-35(38)46-30(19)55/h10-17,21-25,32-34,52-54H,4-9H2,1-3H3,(H11-,37,38,39,40,41,44,45,46,47,55,56,57,58,59,60,61,62,63,64)/p+1/t14-,15-,16-,17-,21-,22-,23-,24-,25-,32-,33-,34-/m1/s1. The number of phosphoric acid groups is 3. The minimum atomic E-state index is -6.17. The lowest BCUT2D eigenvalue weighted by molar-refractivity contribution is -0.745. The molecule has 4 unspecified atom stereocenters. The molecule has 3 saturated heterocycles. The predicted molar refractivity (Wildman–Crippen MR) is 255 cm³/mol. The molecule has 16 atom stereocenters. The van der Waals surface area contributed by atoms with E-state index in [0.717, 1.165) is 24.3 Å². The summed E-state index contributed by atoms with van der Waals surface area (Å²) < 4.78 is 107. The van der Waals surface area contributed by atoms with Crippen LogP contribution in [0.2, 0.25) is 0 Å². The number of fused-ring (bicyclic) bond motifs is 3. The number of aryl methyl sites for hydroxylation is 1. The number of nitrogen functional groups attached to an aromatic ring is 3. The first-order valence-corrected chi connectivity index (χ1v) is 29.1. The largest absolute Gasteiger partial charge is 0.490 e. The minimum Gasteiger partial charge on any atom is -0.388 e. The molecule has 6 aromatic heterocycles. The third kappa shape index (κ3) is 11.3. The highest BCUT2D eigenvalue weighted by atomic mass is 31.3. The SMILES string of the molecule is COCC[C@H]1[C@@H](O)[C@H]([n+]2cn(C)c3c(=O)[nH]c(N)nc32)O[C@@H]1COP(=O)(O)OP(=O)(O)OP(=O)(O)OC[C@H]1O[C@@H](n2cnc3c(N)ncnc32)[C@H](OC)[C@@H]1P(=O)(O)CC[C@H]1O[C@@H](n2cnc3c(=O)[nH]c(N)nc32)[C@H](O)[C@@H]1O. The molecule has 41 heteroatoms. The Kier molecular flexibility index (Phi) is 15.8. The lowest BCUT2D eigenvalue weighted by Crippen LogP contribution is -2.45. The number of aromatic amines is 2. The number of nitrogens with two attached hydrogens (primary N) is 3. The summed E-state index contributed by atoms with van der Waals surface area (Å²) in [4.78, 5) is 97.8. The molecule has 6 aromatic rings. The molecule has 0 aliphatic carbocycles. The topological polar surface area (TPSA) is 533 Å². The smallest absolute Gasteiger partial charge is 0.388 e. The van der Waals surface area contributed by atoms with E-state index in [9.17, 15) is 62.7 Å². The summed E-state index contributed by atoms with van der Waals surface area (Å²) in [6.45, 7) is -2.10. The van der Waals surface area contributed by atoms with E-state index < -0.39 is 141 Å². The van der Waals surface area contributed by atoms with Crippen LogP contribution in [0.15, 0.2) is 34.9 Å². The molecule has 0 amide bonds. The summed E-state index contributed by atoms with van der Waals surface area (Å²) in [6.07, 6.45) is -11.2. The molecular weight excluding hydrogens is 1120 g/mol. The molecule has 422 valence electrons. The first kappa shape index (κ1) is 56.6. The lowest BCUT2D eigenvalue weighted by atomic mass is 9.95. The van der Waals surface area contributed by atoms with Crippen LogP contribution in [-0.2, 0) is 66.7 Å². The number of rotatable bonds is 21. The highest BCUT2D eigenvalue weighted by molar-refractivity contribution is 7.66. The molecule has 0 aromatic carbocycles. The van der Waals surface area contributed by atoms with Crippen molar-refractivity contribution in [2.75, 3.05) is 57.4 Å². The number of aromatic nitrogens is 12. The van der Waals surface area contributed by atoms with Crippen molar-refractivity contribution in [3.63, 3.8) is 0 Å². The fourth-order valence-corrected chi connectivity index (χ4v) is 15.4. The number of ether oxygens (including phenoxy) is 5. The molecule has 37 nitrogen and oxygen atoms in total. The molecule has 15 N–H and O–H groups in total. The number of phosphoric ester groups is 2. The molecule has 3 aliphatic rings. The van der Waals surface area contributed by atoms with E-state index in [-0.39, 0.29) is 64.2 Å². The Morgan fingerprint density at radius 3 is 2.03 bits per heavy atom. The highest BCUT2D eigenvalue weighted by Crippen LogP contribution is 2.68. The fourth-order valence-electron chi connectivity index (χ4n) is 9.58. The zero-order valence-electron chi connectivity index (χ0n) is 40.2. The van der Waals surface area contributed by atoms with Crippen LogP contribution in [0.5, 0.6) is 0 Å². The van der Waals surface area contributed by atoms with Crippen LogP contribution in [0.25, 0.3) is 33.5 Å². The number of aliphatic hydroxyl groups excluding tert-OH is 3. The van der Waals surface area contributed by atoms with E-state index in [1.165, 1.54) is 40.5 Å². The van der Waals surface area contributed by atoms with E-state index >= 15 is 0 Å². The van der Waals surface area contributed by atoms with Crippen LogP contribution in [0, 0.1) is 5.92 Å². The number of H-pyrrole nitrogens is 2. The third-order valence-corrected chi connectivity index (χ3v) is 19.7. The Bertz CT molecular complexity index is 3510. The van der Waals surface area contributed by atoms with Crippen molar-refractivity contribution in [2.45, 2.75) is 79.9 Å². The number of methoxy groups -OCH3 is 2. The molecule has 0 bridgehead atoms. The summed E-state index contributed by atoms with van der Waals surface area (Å²) >= 11 is 0. The van der Waals surface area contributed by atoms with Crippen molar-refractivity contribution in [1.82, 2.24) is 53.6 Å². The second-order valence-corrected chi connectivity index (χ2v) is 25.0. The number of nitrogens with one attached hydrogen (secondary N) is 2. The number of hydrogen-bond acceptors (Lipinski definition) is 27. The van der Waals surface area contributed by atoms with Crippen molar-refractivity contribution in [3.8, 4) is 0 Å². The van der Waals surface area contributed by atoms with Gasteiger partial charge in [0.2, 0.25) is 25.1 Å². The number of hydrogen-bond donors (Lipinski definition) is 12. The molecule has 0 radical (unpaired) electrons. The Morgan fingerprint density at radius 1 is 0.727 bits per heavy atom. The van der Waals surface area contributed by atoms with Gasteiger partial charge in [-0.1, -0.05) is 4.98 Å². The lowest BCUT2D eigenvalue weighted by Gasteiger charge is -2.28. The summed E-state index contributed by atoms with van der Waals surface area (Å²) in [7, 11) is -18.7. The van der Waals surface area contributed by atoms with Crippen molar-refractivity contribution in [2.24, 2.45) is 13.0 Å². The van der Waals surface area contributed by atoms with E-state index in [0.29, 0.717) is 0 Å². The van der Waals surface area contributed by atoms with E-state index in [2.05, 4.69) is 48.5 Å². The van der Waals surface area contributed by atoms with E-state index in [4.69, 9.17) is 49.9 Å². The van der Waals surface area contributed by atoms with Crippen molar-refractivity contribution in [3.05, 3.63) is 46.0 Å². The van der Waals surface area contributed by atoms with Crippen LogP contribution in [0.1, 0.15) is 31.5 Å². The number of imidazole rings is 3. The summed E-state index contributed by atoms with van der Waals surface area (Å²) in [5.74, 6) is -1.54. The van der Waals surface area contributed by atoms with E-state index in [1.807, 2.05) is 0 Å². The molecule has 3 aliphatic heterocycles. The van der Waals surface area contributed by atoms with Crippen LogP contribution >= 0.6 is 30.8 Å². The maximum absolute atomic E-state index is 14.7. The average molecular weight is 1170 g/mol. The summed E-state index contributed by atoms with van der Waals surface area (Å²) in [6, 6.07) is 0. The highest BCUT2D eigenvalue weighted by Gasteiger charge is 2.57. The van der Waals surface area contributed by atoms with E-state index in [1.54, 1.807) is 0 Å². The first-order valence-electron chi connectivity index (χ1n) is 22.7. The van der Waals surface area contributed by atoms with Crippen molar-refractivity contribution < 1.29 is 99.1 Å². The van der Waals surface area contributed by atoms with Crippen LogP contribution in [0.4, 0.5) is 17.7 Å². The Morgan fingerprint density at radius 2 is 1.35 bits per heavy atom. The van der Waals surface area contributed by atoms with Crippen molar-refractivity contribution >= 4 is 82.0 Å². The van der Waals surface area contributed by atoms with Gasteiger partial charge in [0.05, 0.1) is 56.9 Å². The van der Waals surface area contributed by atoms with Gasteiger partial charge in [0.1, 0.15) is 36.3 Å². The van der Waals surface area contributed by atoms with Gasteiger partial charge < -0.3 is 75.8 Å². The van der Waals surface area contributed by atoms with Crippen molar-refractivity contribution in [1.29, 1.82) is 0 Å². The number of aliphatic hydroxyl groups is 3. The summed E-state index contributed by atoms with van der Waals surface area (Å²) in [5.41, 5.74) is 14.3. The molecular formula is C36H52N15O22P4+. The van der Waals surface area contributed by atoms with Gasteiger partial charge in [-0.25, -0.2) is 38.2 Å². The van der Waals surface area contributed by atoms with Gasteiger partial charge in [0.15, 0.2) is 41.4 Å². The van der Waals surface area contributed by atoms with Crippen LogP contribution in [-0.4, -0.2) is 177 Å². The molecule has 77 heavy (non-hydrogen) atoms. The van der Waals surface area contributed by atoms with Gasteiger partial charge >= 0.3 is 29.1 Å². The molecule has 0 spiro atoms. The fraction of sp³-hybridized carbons (Fsp3) is 0.583. The van der Waals surface area contributed by atoms with Gasteiger partial charge in [-0.2, -0.15) is 13.6 Å². The molecule has 0 saturated carbocycles. The van der Waals surface area contributed by atoms with Crippen LogP contribution in [0.3, 0.4) is 0 Å². The quantitative estimate of drug-likeness (QED) is 0.0254. The Hall–Kier alpha value is -5.07. The van der Waals surface area contributed by atoms with Gasteiger partial charge in [-0.05, 0) is 12.8 Å². The average Bonchev–Trinajstić information content (AvgIpc) is 4.20. The summed E-state index contributed by atoms with van der Waals surface area (Å²) in [5, 5.41) is 33.5. The molecule has 9 rings (SSSR count). The van der Waals surface area contributed by atoms with Gasteiger partial charge in [-0.3, -0.25) is 46.9 Å². The minimum absolute atomic E-state index is 0.000174. The maximum atomic E-state index is 14.7. The third-order valence-electron chi connectivity index (χ3n) is 13.0.